The Morgan fingerprint density at radius 2 is 1.87 bits per heavy atom. The number of carbonyl (C=O) groups excluding carboxylic acids is 1. The summed E-state index contributed by atoms with van der Waals surface area (Å²) in [7, 11) is 1.58. The quantitative estimate of drug-likeness (QED) is 0.278. The zero-order valence-corrected chi connectivity index (χ0v) is 23.1. The fraction of sp³-hybridized carbons (Fsp3) is 0.207. The number of methoxy groups -OCH3 is 1. The van der Waals surface area contributed by atoms with Crippen LogP contribution in [-0.4, -0.2) is 27.7 Å². The Bertz CT molecular complexity index is 1520. The Balaban J connectivity index is 1.69. The highest BCUT2D eigenvalue weighted by molar-refractivity contribution is 7.80. The van der Waals surface area contributed by atoms with Gasteiger partial charge in [0.25, 0.3) is 0 Å². The number of hydrogen-bond donors (Lipinski definition) is 2. The fourth-order valence-electron chi connectivity index (χ4n) is 5.17. The van der Waals surface area contributed by atoms with Gasteiger partial charge in [-0.25, -0.2) is 0 Å². The van der Waals surface area contributed by atoms with Crippen LogP contribution in [0, 0.1) is 13.8 Å². The molecule has 0 unspecified atom stereocenters. The Morgan fingerprint density at radius 3 is 2.55 bits per heavy atom. The Kier molecular flexibility index (Phi) is 7.10. The molecule has 2 aromatic heterocycles. The summed E-state index contributed by atoms with van der Waals surface area (Å²) in [6.07, 6.45) is 1.79. The maximum absolute atomic E-state index is 11.9. The van der Waals surface area contributed by atoms with Gasteiger partial charge in [-0.1, -0.05) is 29.8 Å². The van der Waals surface area contributed by atoms with Crippen LogP contribution in [0.3, 0.4) is 0 Å². The second kappa shape index (κ2) is 10.5. The number of halogens is 1. The maximum atomic E-state index is 11.9. The van der Waals surface area contributed by atoms with Crippen LogP contribution in [-0.2, 0) is 4.79 Å². The van der Waals surface area contributed by atoms with Gasteiger partial charge in [0.2, 0.25) is 5.91 Å². The van der Waals surface area contributed by atoms with E-state index in [1.807, 2.05) is 60.7 Å². The lowest BCUT2D eigenvalue weighted by molar-refractivity contribution is -0.114. The number of thiocarbonyl (C=S) groups is 1. The molecule has 0 radical (unpaired) electrons. The lowest BCUT2D eigenvalue weighted by atomic mass is 9.96. The highest BCUT2D eigenvalue weighted by atomic mass is 35.5. The van der Waals surface area contributed by atoms with Crippen molar-refractivity contribution in [1.82, 2.24) is 14.9 Å². The molecule has 194 valence electrons. The second-order valence-corrected chi connectivity index (χ2v) is 9.97. The normalized spacial score (nSPS) is 16.9. The molecule has 0 saturated carbocycles. The van der Waals surface area contributed by atoms with Gasteiger partial charge in [-0.05, 0) is 80.2 Å². The minimum atomic E-state index is -0.224. The minimum Gasteiger partial charge on any atom is -0.495 e. The molecule has 0 bridgehead atoms. The molecule has 2 N–H and O–H groups in total. The van der Waals surface area contributed by atoms with E-state index < -0.39 is 0 Å². The van der Waals surface area contributed by atoms with E-state index in [1.54, 1.807) is 13.3 Å². The summed E-state index contributed by atoms with van der Waals surface area (Å²) in [5.74, 6) is 0.380. The van der Waals surface area contributed by atoms with Crippen molar-refractivity contribution in [2.75, 3.05) is 17.3 Å². The van der Waals surface area contributed by atoms with Crippen molar-refractivity contribution in [2.45, 2.75) is 32.9 Å². The van der Waals surface area contributed by atoms with Crippen molar-refractivity contribution < 1.29 is 9.53 Å². The lowest BCUT2D eigenvalue weighted by Gasteiger charge is -2.29. The first kappa shape index (κ1) is 25.8. The molecule has 1 saturated heterocycles. The third-order valence-electron chi connectivity index (χ3n) is 6.75. The molecule has 0 spiro atoms. The molecule has 1 aliphatic heterocycles. The summed E-state index contributed by atoms with van der Waals surface area (Å²) in [6.45, 7) is 5.64. The van der Waals surface area contributed by atoms with E-state index in [0.717, 1.165) is 34.0 Å². The molecule has 1 aliphatic rings. The summed E-state index contributed by atoms with van der Waals surface area (Å²) in [5, 5.41) is 7.61. The van der Waals surface area contributed by atoms with Crippen molar-refractivity contribution >= 4 is 46.2 Å². The largest absolute Gasteiger partial charge is 0.495 e. The van der Waals surface area contributed by atoms with E-state index in [9.17, 15) is 4.79 Å². The molecule has 0 aliphatic carbocycles. The van der Waals surface area contributed by atoms with Gasteiger partial charge >= 0.3 is 0 Å². The van der Waals surface area contributed by atoms with Gasteiger partial charge in [-0.15, -0.1) is 0 Å². The highest BCUT2D eigenvalue weighted by Crippen LogP contribution is 2.45. The maximum Gasteiger partial charge on any atom is 0.221 e. The molecule has 1 amide bonds. The summed E-state index contributed by atoms with van der Waals surface area (Å²) in [6, 6.07) is 21.1. The molecule has 1 fully saturated rings. The van der Waals surface area contributed by atoms with E-state index in [0.29, 0.717) is 21.6 Å². The molecule has 4 aromatic rings. The van der Waals surface area contributed by atoms with Crippen molar-refractivity contribution in [3.63, 3.8) is 0 Å². The van der Waals surface area contributed by atoms with Crippen LogP contribution in [0.1, 0.15) is 41.7 Å². The SMILES string of the molecule is COc1ccc(N2C(=S)N[C@H](c3ccccn3)[C@H]2c2cc(C)n(-c3ccccc3Cl)c2C)cc1NC(C)=O. The number of amides is 1. The molecule has 2 aromatic carbocycles. The summed E-state index contributed by atoms with van der Waals surface area (Å²) in [5.41, 5.74) is 6.37. The topological polar surface area (TPSA) is 71.4 Å². The second-order valence-electron chi connectivity index (χ2n) is 9.18. The van der Waals surface area contributed by atoms with Crippen LogP contribution in [0.15, 0.2) is 72.9 Å². The van der Waals surface area contributed by atoms with Gasteiger partial charge in [-0.2, -0.15) is 0 Å². The fourth-order valence-corrected chi connectivity index (χ4v) is 5.74. The number of nitrogens with zero attached hydrogens (tertiary/aromatic N) is 3. The zero-order valence-electron chi connectivity index (χ0n) is 21.5. The molecule has 3 heterocycles. The Morgan fingerprint density at radius 1 is 1.11 bits per heavy atom. The van der Waals surface area contributed by atoms with Crippen LogP contribution in [0.4, 0.5) is 11.4 Å². The van der Waals surface area contributed by atoms with Gasteiger partial charge in [0.05, 0.1) is 41.3 Å². The monoisotopic (exact) mass is 545 g/mol. The smallest absolute Gasteiger partial charge is 0.221 e. The van der Waals surface area contributed by atoms with Crippen molar-refractivity contribution in [1.29, 1.82) is 0 Å². The molecule has 9 heteroatoms. The van der Waals surface area contributed by atoms with E-state index in [1.165, 1.54) is 6.92 Å². The van der Waals surface area contributed by atoms with E-state index in [2.05, 4.69) is 45.0 Å². The number of nitrogens with one attached hydrogen (secondary N) is 2. The predicted molar refractivity (Wildman–Crippen MR) is 155 cm³/mol. The number of ether oxygens (including phenoxy) is 1. The first-order chi connectivity index (χ1) is 18.3. The van der Waals surface area contributed by atoms with Crippen LogP contribution >= 0.6 is 23.8 Å². The van der Waals surface area contributed by atoms with E-state index >= 15 is 0 Å². The lowest BCUT2D eigenvalue weighted by Crippen LogP contribution is -2.29. The number of anilines is 2. The average Bonchev–Trinajstić information content (AvgIpc) is 3.39. The Hall–Kier alpha value is -3.88. The summed E-state index contributed by atoms with van der Waals surface area (Å²) >= 11 is 12.5. The minimum absolute atomic E-state index is 0.186. The number of para-hydroxylation sites is 1. The number of hydrogen-bond acceptors (Lipinski definition) is 4. The first-order valence-corrected chi connectivity index (χ1v) is 13.0. The molecule has 5 rings (SSSR count). The Labute approximate surface area is 232 Å². The first-order valence-electron chi connectivity index (χ1n) is 12.2. The van der Waals surface area contributed by atoms with Crippen LogP contribution in [0.2, 0.25) is 5.02 Å². The highest BCUT2D eigenvalue weighted by Gasteiger charge is 2.42. The number of aromatic nitrogens is 2. The van der Waals surface area contributed by atoms with Crippen molar-refractivity contribution in [3.05, 3.63) is 101 Å². The third-order valence-corrected chi connectivity index (χ3v) is 7.39. The summed E-state index contributed by atoms with van der Waals surface area (Å²) in [4.78, 5) is 18.7. The van der Waals surface area contributed by atoms with Gasteiger partial charge < -0.3 is 24.8 Å². The third kappa shape index (κ3) is 4.61. The van der Waals surface area contributed by atoms with Crippen LogP contribution < -0.4 is 20.3 Å². The number of aryl methyl sites for hydroxylation is 1. The number of benzene rings is 2. The molecule has 2 atom stereocenters. The zero-order chi connectivity index (χ0) is 27.0. The predicted octanol–water partition coefficient (Wildman–Crippen LogP) is 6.29. The van der Waals surface area contributed by atoms with E-state index in [-0.39, 0.29) is 18.0 Å². The van der Waals surface area contributed by atoms with Crippen LogP contribution in [0.5, 0.6) is 5.75 Å². The van der Waals surface area contributed by atoms with Crippen molar-refractivity contribution in [2.24, 2.45) is 0 Å². The van der Waals surface area contributed by atoms with Gasteiger partial charge in [0.15, 0.2) is 5.11 Å². The number of carbonyl (C=O) groups is 1. The standard InChI is InChI=1S/C29H28ClN5O2S/c1-17-15-21(18(2)34(17)25-11-6-5-9-22(25)30)28-27(23-10-7-8-14-31-23)33-29(38)35(28)20-12-13-26(37-4)24(16-20)32-19(3)36/h5-16,27-28H,1-4H3,(H,32,36)(H,33,38)/t27-,28-/m1/s1. The van der Waals surface area contributed by atoms with Crippen LogP contribution in [0.25, 0.3) is 5.69 Å². The molecule has 38 heavy (non-hydrogen) atoms. The van der Waals surface area contributed by atoms with E-state index in [4.69, 9.17) is 28.6 Å². The van der Waals surface area contributed by atoms with Gasteiger partial charge in [0, 0.05) is 30.2 Å². The number of rotatable bonds is 6. The molecular weight excluding hydrogens is 518 g/mol. The summed E-state index contributed by atoms with van der Waals surface area (Å²) < 4.78 is 7.65. The van der Waals surface area contributed by atoms with Gasteiger partial charge in [0.1, 0.15) is 5.75 Å². The molecule has 7 nitrogen and oxygen atoms in total. The van der Waals surface area contributed by atoms with Crippen molar-refractivity contribution in [3.8, 4) is 11.4 Å². The average molecular weight is 546 g/mol. The molecular formula is C29H28ClN5O2S. The number of pyridine rings is 1. The van der Waals surface area contributed by atoms with Gasteiger partial charge in [-0.3, -0.25) is 9.78 Å².